The van der Waals surface area contributed by atoms with Crippen molar-refractivity contribution in [2.24, 2.45) is 0 Å². The van der Waals surface area contributed by atoms with Gasteiger partial charge in [0, 0.05) is 5.56 Å². The Balaban J connectivity index is 2.14. The number of para-hydroxylation sites is 1. The predicted molar refractivity (Wildman–Crippen MR) is 106 cm³/mol. The van der Waals surface area contributed by atoms with Crippen LogP contribution in [0.15, 0.2) is 83.8 Å². The van der Waals surface area contributed by atoms with Crippen LogP contribution >= 0.6 is 0 Å². The van der Waals surface area contributed by atoms with Crippen molar-refractivity contribution < 1.29 is 22.7 Å². The average Bonchev–Trinajstić information content (AvgIpc) is 2.74. The van der Waals surface area contributed by atoms with Gasteiger partial charge in [-0.2, -0.15) is 4.31 Å². The Morgan fingerprint density at radius 2 is 1.36 bits per heavy atom. The van der Waals surface area contributed by atoms with Crippen LogP contribution in [0.3, 0.4) is 0 Å². The van der Waals surface area contributed by atoms with Crippen LogP contribution in [0.1, 0.15) is 10.4 Å². The van der Waals surface area contributed by atoms with Crippen molar-refractivity contribution in [2.75, 3.05) is 18.5 Å². The fourth-order valence-electron chi connectivity index (χ4n) is 2.71. The molecule has 0 radical (unpaired) electrons. The number of hydrogen-bond acceptors (Lipinski definition) is 5. The van der Waals surface area contributed by atoms with Crippen molar-refractivity contribution in [3.8, 4) is 11.5 Å². The first kappa shape index (κ1) is 19.4. The van der Waals surface area contributed by atoms with E-state index in [1.54, 1.807) is 54.6 Å². The third-order valence-corrected chi connectivity index (χ3v) is 5.81. The summed E-state index contributed by atoms with van der Waals surface area (Å²) in [6, 6.07) is 20.6. The van der Waals surface area contributed by atoms with E-state index >= 15 is 0 Å². The standard InChI is InChI=1S/C21H19NO5S/c1-26-19-14-13-16(15-20(19)27-2)21(23)22(17-9-5-3-6-10-17)28(24,25)18-11-7-4-8-12-18/h3-15H,1-2H3. The topological polar surface area (TPSA) is 72.9 Å². The summed E-state index contributed by atoms with van der Waals surface area (Å²) in [5.41, 5.74) is 0.396. The van der Waals surface area contributed by atoms with Crippen LogP contribution in [-0.2, 0) is 10.0 Å². The van der Waals surface area contributed by atoms with Gasteiger partial charge >= 0.3 is 0 Å². The summed E-state index contributed by atoms with van der Waals surface area (Å²) in [7, 11) is -1.20. The SMILES string of the molecule is COc1ccc(C(=O)N(c2ccccc2)S(=O)(=O)c2ccccc2)cc1OC. The maximum atomic E-state index is 13.3. The lowest BCUT2D eigenvalue weighted by Crippen LogP contribution is -2.37. The van der Waals surface area contributed by atoms with Crippen molar-refractivity contribution in [3.05, 3.63) is 84.4 Å². The van der Waals surface area contributed by atoms with E-state index in [9.17, 15) is 13.2 Å². The number of sulfonamides is 1. The number of carbonyl (C=O) groups is 1. The molecule has 0 N–H and O–H groups in total. The molecule has 0 aliphatic heterocycles. The molecule has 0 saturated heterocycles. The number of anilines is 1. The minimum atomic E-state index is -4.13. The van der Waals surface area contributed by atoms with E-state index in [1.165, 1.54) is 38.5 Å². The van der Waals surface area contributed by atoms with E-state index in [2.05, 4.69) is 0 Å². The molecular formula is C21H19NO5S. The van der Waals surface area contributed by atoms with Crippen LogP contribution in [0.5, 0.6) is 11.5 Å². The number of benzene rings is 3. The van der Waals surface area contributed by atoms with Crippen LogP contribution in [0.25, 0.3) is 0 Å². The lowest BCUT2D eigenvalue weighted by molar-refractivity contribution is 0.100. The fraction of sp³-hybridized carbons (Fsp3) is 0.0952. The molecule has 144 valence electrons. The molecule has 0 aromatic heterocycles. The summed E-state index contributed by atoms with van der Waals surface area (Å²) < 4.78 is 37.8. The average molecular weight is 397 g/mol. The van der Waals surface area contributed by atoms with Gasteiger partial charge in [0.1, 0.15) is 0 Å². The van der Waals surface area contributed by atoms with Gasteiger partial charge in [-0.3, -0.25) is 4.79 Å². The third kappa shape index (κ3) is 3.70. The molecule has 0 bridgehead atoms. The number of methoxy groups -OCH3 is 2. The van der Waals surface area contributed by atoms with E-state index in [0.29, 0.717) is 11.5 Å². The highest BCUT2D eigenvalue weighted by Crippen LogP contribution is 2.31. The van der Waals surface area contributed by atoms with Gasteiger partial charge in [0.2, 0.25) is 0 Å². The van der Waals surface area contributed by atoms with Crippen LogP contribution in [0.4, 0.5) is 5.69 Å². The first-order valence-electron chi connectivity index (χ1n) is 8.41. The minimum Gasteiger partial charge on any atom is -0.493 e. The monoisotopic (exact) mass is 397 g/mol. The van der Waals surface area contributed by atoms with Crippen molar-refractivity contribution in [3.63, 3.8) is 0 Å². The Bertz CT molecular complexity index is 1070. The zero-order valence-electron chi connectivity index (χ0n) is 15.4. The van der Waals surface area contributed by atoms with Crippen molar-refractivity contribution in [1.82, 2.24) is 0 Å². The molecule has 0 spiro atoms. The minimum absolute atomic E-state index is 0.0210. The summed E-state index contributed by atoms with van der Waals surface area (Å²) in [6.45, 7) is 0. The molecule has 0 fully saturated rings. The van der Waals surface area contributed by atoms with E-state index in [4.69, 9.17) is 9.47 Å². The number of rotatable bonds is 6. The van der Waals surface area contributed by atoms with Gasteiger partial charge in [-0.1, -0.05) is 36.4 Å². The highest BCUT2D eigenvalue weighted by molar-refractivity contribution is 7.93. The molecule has 28 heavy (non-hydrogen) atoms. The predicted octanol–water partition coefficient (Wildman–Crippen LogP) is 3.74. The molecule has 0 heterocycles. The molecule has 0 aliphatic carbocycles. The number of amides is 1. The highest BCUT2D eigenvalue weighted by atomic mass is 32.2. The first-order chi connectivity index (χ1) is 13.5. The molecule has 6 nitrogen and oxygen atoms in total. The fourth-order valence-corrected chi connectivity index (χ4v) is 4.15. The summed E-state index contributed by atoms with van der Waals surface area (Å²) >= 11 is 0. The van der Waals surface area contributed by atoms with Gasteiger partial charge in [-0.15, -0.1) is 0 Å². The van der Waals surface area contributed by atoms with E-state index in [0.717, 1.165) is 4.31 Å². The summed E-state index contributed by atoms with van der Waals surface area (Å²) in [4.78, 5) is 13.3. The Labute approximate surface area is 164 Å². The number of nitrogens with zero attached hydrogens (tertiary/aromatic N) is 1. The molecule has 0 unspecified atom stereocenters. The first-order valence-corrected chi connectivity index (χ1v) is 9.85. The Kier molecular flexibility index (Phi) is 5.65. The molecule has 3 rings (SSSR count). The lowest BCUT2D eigenvalue weighted by atomic mass is 10.2. The number of hydrogen-bond donors (Lipinski definition) is 0. The molecular weight excluding hydrogens is 378 g/mol. The van der Waals surface area contributed by atoms with Crippen LogP contribution in [-0.4, -0.2) is 28.5 Å². The molecule has 7 heteroatoms. The van der Waals surface area contributed by atoms with Gasteiger partial charge in [0.05, 0.1) is 24.8 Å². The molecule has 0 atom stereocenters. The summed E-state index contributed by atoms with van der Waals surface area (Å²) in [6.07, 6.45) is 0. The Morgan fingerprint density at radius 1 is 0.786 bits per heavy atom. The molecule has 3 aromatic carbocycles. The van der Waals surface area contributed by atoms with Crippen LogP contribution in [0.2, 0.25) is 0 Å². The van der Waals surface area contributed by atoms with Crippen molar-refractivity contribution in [2.45, 2.75) is 4.90 Å². The lowest BCUT2D eigenvalue weighted by Gasteiger charge is -2.23. The molecule has 1 amide bonds. The summed E-state index contributed by atoms with van der Waals surface area (Å²) in [5.74, 6) is 0.0747. The second-order valence-corrected chi connectivity index (χ2v) is 7.58. The van der Waals surface area contributed by atoms with Crippen LogP contribution < -0.4 is 13.8 Å². The number of ether oxygens (including phenoxy) is 2. The van der Waals surface area contributed by atoms with E-state index < -0.39 is 15.9 Å². The van der Waals surface area contributed by atoms with Crippen molar-refractivity contribution in [1.29, 1.82) is 0 Å². The van der Waals surface area contributed by atoms with Gasteiger partial charge in [0.25, 0.3) is 15.9 Å². The second kappa shape index (κ2) is 8.14. The Morgan fingerprint density at radius 3 is 1.93 bits per heavy atom. The Hall–Kier alpha value is -3.32. The zero-order chi connectivity index (χ0) is 20.1. The summed E-state index contributed by atoms with van der Waals surface area (Å²) in [5, 5.41) is 0. The molecule has 0 saturated carbocycles. The molecule has 0 aliphatic rings. The van der Waals surface area contributed by atoms with Gasteiger partial charge in [-0.25, -0.2) is 8.42 Å². The van der Waals surface area contributed by atoms with Crippen LogP contribution in [0, 0.1) is 0 Å². The zero-order valence-corrected chi connectivity index (χ0v) is 16.2. The highest BCUT2D eigenvalue weighted by Gasteiger charge is 2.32. The maximum absolute atomic E-state index is 13.3. The largest absolute Gasteiger partial charge is 0.493 e. The van der Waals surface area contributed by atoms with Gasteiger partial charge in [0.15, 0.2) is 11.5 Å². The van der Waals surface area contributed by atoms with Gasteiger partial charge < -0.3 is 9.47 Å². The quantitative estimate of drug-likeness (QED) is 0.634. The number of carbonyl (C=O) groups excluding carboxylic acids is 1. The maximum Gasteiger partial charge on any atom is 0.272 e. The van der Waals surface area contributed by atoms with Gasteiger partial charge in [-0.05, 0) is 42.5 Å². The molecule has 3 aromatic rings. The van der Waals surface area contributed by atoms with Crippen molar-refractivity contribution >= 4 is 21.6 Å². The van der Waals surface area contributed by atoms with E-state index in [1.807, 2.05) is 0 Å². The van der Waals surface area contributed by atoms with E-state index in [-0.39, 0.29) is 16.1 Å². The normalized spacial score (nSPS) is 10.9. The third-order valence-electron chi connectivity index (χ3n) is 4.09. The smallest absolute Gasteiger partial charge is 0.272 e. The second-order valence-electron chi connectivity index (χ2n) is 5.79.